The van der Waals surface area contributed by atoms with Crippen molar-refractivity contribution in [1.82, 2.24) is 14.9 Å². The highest BCUT2D eigenvalue weighted by Gasteiger charge is 2.46. The zero-order chi connectivity index (χ0) is 28.4. The van der Waals surface area contributed by atoms with Crippen LogP contribution in [0.3, 0.4) is 0 Å². The molecule has 4 rings (SSSR count). The summed E-state index contributed by atoms with van der Waals surface area (Å²) in [4.78, 5) is 32.7. The van der Waals surface area contributed by atoms with Crippen LogP contribution in [0, 0.1) is 5.82 Å². The molecule has 0 bridgehead atoms. The van der Waals surface area contributed by atoms with Gasteiger partial charge in [0.25, 0.3) is 17.4 Å². The fraction of sp³-hybridized carbons (Fsp3) is 0.269. The van der Waals surface area contributed by atoms with Crippen LogP contribution in [0.1, 0.15) is 23.5 Å². The number of benzene rings is 1. The van der Waals surface area contributed by atoms with Crippen molar-refractivity contribution in [3.05, 3.63) is 94.4 Å². The Bertz CT molecular complexity index is 1540. The molecule has 1 saturated heterocycles. The standard InChI is InChI=1S/C26H25F3N4O5S/c1-16(24(34)32-23-8-7-21(13-30-23)38-20-5-3-19(27)4-6-20)33-10-9-26(28,29)22(14-33)17-11-18(15-39(2,36)37)25(35)31-12-17/h3-8,11-13,22H,1,9-10,14-15H2,2H3,(H,31,35)(H,30,32,34)/t22-/m1/s1. The van der Waals surface area contributed by atoms with Gasteiger partial charge in [0.05, 0.1) is 23.6 Å². The molecular formula is C26H25F3N4O5S. The zero-order valence-electron chi connectivity index (χ0n) is 20.8. The van der Waals surface area contributed by atoms with Gasteiger partial charge in [0.1, 0.15) is 23.1 Å². The number of halogens is 3. The third-order valence-electron chi connectivity index (χ3n) is 6.12. The van der Waals surface area contributed by atoms with Gasteiger partial charge < -0.3 is 19.9 Å². The number of pyridine rings is 2. The van der Waals surface area contributed by atoms with Crippen molar-refractivity contribution < 1.29 is 31.1 Å². The number of hydrogen-bond donors (Lipinski definition) is 2. The van der Waals surface area contributed by atoms with E-state index in [9.17, 15) is 31.2 Å². The number of likely N-dealkylation sites (tertiary alicyclic amines) is 1. The van der Waals surface area contributed by atoms with Crippen molar-refractivity contribution in [2.75, 3.05) is 24.7 Å². The van der Waals surface area contributed by atoms with Gasteiger partial charge >= 0.3 is 0 Å². The Balaban J connectivity index is 1.43. The van der Waals surface area contributed by atoms with E-state index in [1.54, 1.807) is 0 Å². The molecule has 206 valence electrons. The van der Waals surface area contributed by atoms with Crippen molar-refractivity contribution in [2.24, 2.45) is 0 Å². The summed E-state index contributed by atoms with van der Waals surface area (Å²) >= 11 is 0. The Morgan fingerprint density at radius 3 is 2.56 bits per heavy atom. The molecule has 1 aliphatic heterocycles. The lowest BCUT2D eigenvalue weighted by Gasteiger charge is -2.40. The molecule has 39 heavy (non-hydrogen) atoms. The Labute approximate surface area is 222 Å². The number of sulfone groups is 1. The first-order chi connectivity index (χ1) is 18.3. The van der Waals surface area contributed by atoms with Crippen molar-refractivity contribution in [3.63, 3.8) is 0 Å². The number of amides is 1. The molecule has 1 aromatic carbocycles. The largest absolute Gasteiger partial charge is 0.456 e. The minimum Gasteiger partial charge on any atom is -0.456 e. The highest BCUT2D eigenvalue weighted by atomic mass is 32.2. The topological polar surface area (TPSA) is 121 Å². The molecular weight excluding hydrogens is 537 g/mol. The highest BCUT2D eigenvalue weighted by Crippen LogP contribution is 2.41. The molecule has 1 atom stereocenters. The first-order valence-corrected chi connectivity index (χ1v) is 13.8. The number of anilines is 1. The monoisotopic (exact) mass is 562 g/mol. The Hall–Kier alpha value is -4.13. The Morgan fingerprint density at radius 2 is 1.92 bits per heavy atom. The molecule has 0 radical (unpaired) electrons. The normalized spacial score (nSPS) is 16.9. The third kappa shape index (κ3) is 7.05. The number of ether oxygens (including phenoxy) is 1. The van der Waals surface area contributed by atoms with Crippen molar-refractivity contribution >= 4 is 21.6 Å². The molecule has 2 aromatic heterocycles. The molecule has 3 heterocycles. The first-order valence-electron chi connectivity index (χ1n) is 11.7. The highest BCUT2D eigenvalue weighted by molar-refractivity contribution is 7.89. The number of nitrogens with one attached hydrogen (secondary N) is 2. The smallest absolute Gasteiger partial charge is 0.272 e. The number of aromatic nitrogens is 2. The summed E-state index contributed by atoms with van der Waals surface area (Å²) in [6, 6.07) is 9.57. The van der Waals surface area contributed by atoms with E-state index >= 15 is 0 Å². The summed E-state index contributed by atoms with van der Waals surface area (Å²) in [5.41, 5.74) is -0.831. The quantitative estimate of drug-likeness (QED) is 0.401. The molecule has 0 spiro atoms. The fourth-order valence-electron chi connectivity index (χ4n) is 4.12. The van der Waals surface area contributed by atoms with Gasteiger partial charge in [0.15, 0.2) is 9.84 Å². The lowest BCUT2D eigenvalue weighted by molar-refractivity contribution is -0.116. The minimum absolute atomic E-state index is 0.0505. The number of aromatic amines is 1. The van der Waals surface area contributed by atoms with Gasteiger partial charge in [-0.25, -0.2) is 26.6 Å². The number of carbonyl (C=O) groups is 1. The number of nitrogens with zero attached hydrogens (tertiary/aromatic N) is 2. The van der Waals surface area contributed by atoms with Gasteiger partial charge in [-0.1, -0.05) is 6.58 Å². The number of carbonyl (C=O) groups excluding carboxylic acids is 1. The molecule has 1 aliphatic rings. The molecule has 3 aromatic rings. The summed E-state index contributed by atoms with van der Waals surface area (Å²) in [6.45, 7) is 3.32. The third-order valence-corrected chi connectivity index (χ3v) is 6.96. The van der Waals surface area contributed by atoms with Crippen LogP contribution < -0.4 is 15.6 Å². The van der Waals surface area contributed by atoms with E-state index in [1.165, 1.54) is 53.6 Å². The molecule has 13 heteroatoms. The van der Waals surface area contributed by atoms with Gasteiger partial charge in [-0.15, -0.1) is 0 Å². The second-order valence-electron chi connectivity index (χ2n) is 9.20. The Morgan fingerprint density at radius 1 is 1.23 bits per heavy atom. The van der Waals surface area contributed by atoms with Gasteiger partial charge in [-0.2, -0.15) is 0 Å². The van der Waals surface area contributed by atoms with E-state index in [4.69, 9.17) is 4.74 Å². The SMILES string of the molecule is C=C(C(=O)Nc1ccc(Oc2ccc(F)cc2)cn1)N1CCC(F)(F)[C@@H](c2c[nH]c(=O)c(CS(C)(=O)=O)c2)C1. The van der Waals surface area contributed by atoms with Gasteiger partial charge in [0, 0.05) is 37.5 Å². The summed E-state index contributed by atoms with van der Waals surface area (Å²) in [6.07, 6.45) is 2.85. The van der Waals surface area contributed by atoms with Crippen molar-refractivity contribution in [3.8, 4) is 11.5 Å². The Kier molecular flexibility index (Phi) is 7.82. The van der Waals surface area contributed by atoms with E-state index in [1.807, 2.05) is 0 Å². The maximum absolute atomic E-state index is 14.9. The predicted molar refractivity (Wildman–Crippen MR) is 138 cm³/mol. The number of H-pyrrole nitrogens is 1. The van der Waals surface area contributed by atoms with Crippen LogP contribution in [0.4, 0.5) is 19.0 Å². The second kappa shape index (κ2) is 10.9. The lowest BCUT2D eigenvalue weighted by atomic mass is 9.87. The van der Waals surface area contributed by atoms with Crippen LogP contribution in [-0.4, -0.2) is 54.5 Å². The van der Waals surface area contributed by atoms with E-state index in [0.29, 0.717) is 11.5 Å². The van der Waals surface area contributed by atoms with Gasteiger partial charge in [0.2, 0.25) is 0 Å². The predicted octanol–water partition coefficient (Wildman–Crippen LogP) is 3.82. The fourth-order valence-corrected chi connectivity index (χ4v) is 4.90. The summed E-state index contributed by atoms with van der Waals surface area (Å²) < 4.78 is 71.7. The molecule has 0 unspecified atom stereocenters. The zero-order valence-corrected chi connectivity index (χ0v) is 21.6. The molecule has 0 saturated carbocycles. The average Bonchev–Trinajstić information content (AvgIpc) is 2.87. The number of alkyl halides is 2. The lowest BCUT2D eigenvalue weighted by Crippen LogP contribution is -2.47. The van der Waals surface area contributed by atoms with Crippen LogP contribution in [-0.2, 0) is 20.4 Å². The average molecular weight is 563 g/mol. The maximum Gasteiger partial charge on any atom is 0.272 e. The summed E-state index contributed by atoms with van der Waals surface area (Å²) in [5, 5.41) is 2.56. The van der Waals surface area contributed by atoms with Crippen molar-refractivity contribution in [2.45, 2.75) is 24.0 Å². The van der Waals surface area contributed by atoms with Gasteiger partial charge in [-0.3, -0.25) is 9.59 Å². The number of rotatable bonds is 8. The van der Waals surface area contributed by atoms with E-state index in [2.05, 4.69) is 21.9 Å². The second-order valence-corrected chi connectivity index (χ2v) is 11.3. The van der Waals surface area contributed by atoms with Crippen LogP contribution in [0.25, 0.3) is 0 Å². The number of hydrogen-bond acceptors (Lipinski definition) is 7. The van der Waals surface area contributed by atoms with Crippen LogP contribution in [0.5, 0.6) is 11.5 Å². The van der Waals surface area contributed by atoms with Gasteiger partial charge in [-0.05, 0) is 48.0 Å². The molecule has 0 aliphatic carbocycles. The number of piperidine rings is 1. The summed E-state index contributed by atoms with van der Waals surface area (Å²) in [7, 11) is -3.57. The van der Waals surface area contributed by atoms with Crippen LogP contribution in [0.15, 0.2) is 71.9 Å². The molecule has 2 N–H and O–H groups in total. The molecule has 1 amide bonds. The molecule has 9 nitrogen and oxygen atoms in total. The van der Waals surface area contributed by atoms with Crippen LogP contribution in [0.2, 0.25) is 0 Å². The maximum atomic E-state index is 14.9. The van der Waals surface area contributed by atoms with E-state index in [0.717, 1.165) is 12.5 Å². The summed E-state index contributed by atoms with van der Waals surface area (Å²) in [5.74, 6) is -5.34. The van der Waals surface area contributed by atoms with Crippen molar-refractivity contribution in [1.29, 1.82) is 0 Å². The van der Waals surface area contributed by atoms with E-state index < -0.39 is 51.1 Å². The first kappa shape index (κ1) is 27.9. The molecule has 1 fully saturated rings. The van der Waals surface area contributed by atoms with E-state index in [-0.39, 0.29) is 35.7 Å². The van der Waals surface area contributed by atoms with Crippen LogP contribution >= 0.6 is 0 Å². The minimum atomic E-state index is -3.57.